The molecule has 20 heavy (non-hydrogen) atoms. The second kappa shape index (κ2) is 7.65. The number of methoxy groups -OCH3 is 2. The predicted octanol–water partition coefficient (Wildman–Crippen LogP) is 3.68. The smallest absolute Gasteiger partial charge is 0.124 e. The summed E-state index contributed by atoms with van der Waals surface area (Å²) in [6, 6.07) is 6.74. The number of ether oxygens (including phenoxy) is 2. The van der Waals surface area contributed by atoms with Crippen LogP contribution in [0.1, 0.15) is 49.8 Å². The molecular formula is C17H27NO2. The first-order valence-electron chi connectivity index (χ1n) is 7.63. The molecule has 1 aromatic carbocycles. The van der Waals surface area contributed by atoms with Gasteiger partial charge in [-0.25, -0.2) is 0 Å². The first-order chi connectivity index (χ1) is 9.74. The minimum Gasteiger partial charge on any atom is -0.496 e. The standard InChI is InChI=1S/C17H27NO2/c1-13(18-11-14-6-4-5-7-14)15-8-9-17(20-3)16(10-15)12-19-2/h8-10,13-14,18H,4-7,11-12H2,1-3H3. The Kier molecular flexibility index (Phi) is 5.86. The highest BCUT2D eigenvalue weighted by molar-refractivity contribution is 5.38. The van der Waals surface area contributed by atoms with Crippen molar-refractivity contribution in [2.24, 2.45) is 5.92 Å². The lowest BCUT2D eigenvalue weighted by Gasteiger charge is -2.19. The molecule has 0 bridgehead atoms. The van der Waals surface area contributed by atoms with Gasteiger partial charge < -0.3 is 14.8 Å². The maximum Gasteiger partial charge on any atom is 0.124 e. The fourth-order valence-electron chi connectivity index (χ4n) is 3.01. The van der Waals surface area contributed by atoms with Gasteiger partial charge in [0.25, 0.3) is 0 Å². The number of hydrogen-bond acceptors (Lipinski definition) is 3. The van der Waals surface area contributed by atoms with E-state index in [-0.39, 0.29) is 0 Å². The third-order valence-corrected chi connectivity index (χ3v) is 4.29. The van der Waals surface area contributed by atoms with Gasteiger partial charge in [0.15, 0.2) is 0 Å². The molecule has 1 N–H and O–H groups in total. The van der Waals surface area contributed by atoms with Gasteiger partial charge in [-0.3, -0.25) is 0 Å². The van der Waals surface area contributed by atoms with Crippen molar-refractivity contribution in [3.8, 4) is 5.75 Å². The van der Waals surface area contributed by atoms with Gasteiger partial charge in [-0.15, -0.1) is 0 Å². The molecule has 1 aliphatic rings. The van der Waals surface area contributed by atoms with Crippen LogP contribution in [-0.4, -0.2) is 20.8 Å². The van der Waals surface area contributed by atoms with Crippen molar-refractivity contribution in [2.45, 2.75) is 45.3 Å². The lowest BCUT2D eigenvalue weighted by atomic mass is 10.0. The fraction of sp³-hybridized carbons (Fsp3) is 0.647. The van der Waals surface area contributed by atoms with Gasteiger partial charge in [0, 0.05) is 18.7 Å². The van der Waals surface area contributed by atoms with Gasteiger partial charge in [-0.1, -0.05) is 18.9 Å². The molecule has 2 rings (SSSR count). The van der Waals surface area contributed by atoms with Gasteiger partial charge in [-0.05, 0) is 49.9 Å². The summed E-state index contributed by atoms with van der Waals surface area (Å²) in [6.07, 6.45) is 5.58. The van der Waals surface area contributed by atoms with Crippen LogP contribution < -0.4 is 10.1 Å². The third kappa shape index (κ3) is 3.97. The Balaban J connectivity index is 1.97. The zero-order chi connectivity index (χ0) is 14.4. The largest absolute Gasteiger partial charge is 0.496 e. The minimum atomic E-state index is 0.372. The van der Waals surface area contributed by atoms with Gasteiger partial charge in [0.1, 0.15) is 5.75 Å². The van der Waals surface area contributed by atoms with Crippen LogP contribution in [0.5, 0.6) is 5.75 Å². The molecule has 3 heteroatoms. The van der Waals surface area contributed by atoms with Crippen molar-refractivity contribution in [2.75, 3.05) is 20.8 Å². The number of hydrogen-bond donors (Lipinski definition) is 1. The molecule has 0 radical (unpaired) electrons. The van der Waals surface area contributed by atoms with E-state index in [1.165, 1.54) is 31.2 Å². The van der Waals surface area contributed by atoms with Crippen molar-refractivity contribution < 1.29 is 9.47 Å². The highest BCUT2D eigenvalue weighted by Gasteiger charge is 2.16. The van der Waals surface area contributed by atoms with E-state index >= 15 is 0 Å². The quantitative estimate of drug-likeness (QED) is 0.824. The average molecular weight is 277 g/mol. The molecule has 112 valence electrons. The van der Waals surface area contributed by atoms with E-state index in [2.05, 4.69) is 24.4 Å². The van der Waals surface area contributed by atoms with Gasteiger partial charge in [0.2, 0.25) is 0 Å². The average Bonchev–Trinajstić information content (AvgIpc) is 2.98. The summed E-state index contributed by atoms with van der Waals surface area (Å²) in [6.45, 7) is 3.95. The van der Waals surface area contributed by atoms with Crippen LogP contribution in [0.25, 0.3) is 0 Å². The van der Waals surface area contributed by atoms with Crippen molar-refractivity contribution in [3.63, 3.8) is 0 Å². The number of benzene rings is 1. The van der Waals surface area contributed by atoms with E-state index in [1.54, 1.807) is 14.2 Å². The van der Waals surface area contributed by atoms with Gasteiger partial charge in [0.05, 0.1) is 13.7 Å². The van der Waals surface area contributed by atoms with Crippen LogP contribution in [0, 0.1) is 5.92 Å². The molecular weight excluding hydrogens is 250 g/mol. The molecule has 1 saturated carbocycles. The van der Waals surface area contributed by atoms with Crippen molar-refractivity contribution >= 4 is 0 Å². The summed E-state index contributed by atoms with van der Waals surface area (Å²) >= 11 is 0. The summed E-state index contributed by atoms with van der Waals surface area (Å²) in [7, 11) is 3.42. The highest BCUT2D eigenvalue weighted by Crippen LogP contribution is 2.26. The third-order valence-electron chi connectivity index (χ3n) is 4.29. The van der Waals surface area contributed by atoms with E-state index in [1.807, 2.05) is 6.07 Å². The van der Waals surface area contributed by atoms with E-state index in [9.17, 15) is 0 Å². The molecule has 1 fully saturated rings. The minimum absolute atomic E-state index is 0.372. The predicted molar refractivity (Wildman–Crippen MR) is 82.1 cm³/mol. The van der Waals surface area contributed by atoms with Gasteiger partial charge >= 0.3 is 0 Å². The summed E-state index contributed by atoms with van der Waals surface area (Å²) in [5.41, 5.74) is 2.41. The molecule has 0 spiro atoms. The summed E-state index contributed by atoms with van der Waals surface area (Å²) in [5.74, 6) is 1.77. The van der Waals surface area contributed by atoms with E-state index in [0.29, 0.717) is 12.6 Å². The summed E-state index contributed by atoms with van der Waals surface area (Å²) in [4.78, 5) is 0. The van der Waals surface area contributed by atoms with Crippen LogP contribution in [0.15, 0.2) is 18.2 Å². The topological polar surface area (TPSA) is 30.5 Å². The zero-order valence-electron chi connectivity index (χ0n) is 12.9. The number of nitrogens with one attached hydrogen (secondary N) is 1. The SMILES string of the molecule is COCc1cc(C(C)NCC2CCCC2)ccc1OC. The Bertz CT molecular complexity index is 413. The molecule has 0 aliphatic heterocycles. The zero-order valence-corrected chi connectivity index (χ0v) is 12.9. The van der Waals surface area contributed by atoms with E-state index in [4.69, 9.17) is 9.47 Å². The van der Waals surface area contributed by atoms with Crippen LogP contribution in [0.3, 0.4) is 0 Å². The molecule has 0 aromatic heterocycles. The van der Waals surface area contributed by atoms with Crippen molar-refractivity contribution in [1.82, 2.24) is 5.32 Å². The molecule has 1 aliphatic carbocycles. The Labute approximate surface area is 122 Å². The maximum atomic E-state index is 5.37. The molecule has 3 nitrogen and oxygen atoms in total. The lowest BCUT2D eigenvalue weighted by molar-refractivity contribution is 0.181. The Morgan fingerprint density at radius 2 is 2.00 bits per heavy atom. The fourth-order valence-corrected chi connectivity index (χ4v) is 3.01. The van der Waals surface area contributed by atoms with Crippen molar-refractivity contribution in [3.05, 3.63) is 29.3 Å². The second-order valence-corrected chi connectivity index (χ2v) is 5.78. The molecule has 0 saturated heterocycles. The van der Waals surface area contributed by atoms with Crippen LogP contribution in [-0.2, 0) is 11.3 Å². The maximum absolute atomic E-state index is 5.37. The lowest BCUT2D eigenvalue weighted by Crippen LogP contribution is -2.24. The molecule has 1 atom stereocenters. The monoisotopic (exact) mass is 277 g/mol. The number of rotatable bonds is 7. The first-order valence-corrected chi connectivity index (χ1v) is 7.63. The van der Waals surface area contributed by atoms with Crippen molar-refractivity contribution in [1.29, 1.82) is 0 Å². The van der Waals surface area contributed by atoms with E-state index < -0.39 is 0 Å². The highest BCUT2D eigenvalue weighted by atomic mass is 16.5. The Hall–Kier alpha value is -1.06. The molecule has 1 aromatic rings. The van der Waals surface area contributed by atoms with Gasteiger partial charge in [-0.2, -0.15) is 0 Å². The van der Waals surface area contributed by atoms with Crippen LogP contribution in [0.4, 0.5) is 0 Å². The summed E-state index contributed by atoms with van der Waals surface area (Å²) < 4.78 is 10.6. The Morgan fingerprint density at radius 1 is 1.25 bits per heavy atom. The second-order valence-electron chi connectivity index (χ2n) is 5.78. The van der Waals surface area contributed by atoms with E-state index in [0.717, 1.165) is 23.8 Å². The normalized spacial score (nSPS) is 17.4. The molecule has 0 amide bonds. The summed E-state index contributed by atoms with van der Waals surface area (Å²) in [5, 5.41) is 3.67. The molecule has 0 heterocycles. The molecule has 1 unspecified atom stereocenters. The first kappa shape index (κ1) is 15.3. The van der Waals surface area contributed by atoms with Crippen LogP contribution in [0.2, 0.25) is 0 Å². The van der Waals surface area contributed by atoms with Crippen LogP contribution >= 0.6 is 0 Å². The Morgan fingerprint density at radius 3 is 2.65 bits per heavy atom.